The Morgan fingerprint density at radius 2 is 1.65 bits per heavy atom. The number of benzene rings is 2. The van der Waals surface area contributed by atoms with Crippen molar-refractivity contribution in [1.29, 1.82) is 0 Å². The van der Waals surface area contributed by atoms with E-state index >= 15 is 0 Å². The molecule has 31 heavy (non-hydrogen) atoms. The van der Waals surface area contributed by atoms with Gasteiger partial charge in [-0.15, -0.1) is 10.2 Å². The number of carbonyl (C=O) groups is 2. The number of hydrogen-bond donors (Lipinski definition) is 1. The molecule has 0 saturated heterocycles. The van der Waals surface area contributed by atoms with Gasteiger partial charge in [-0.3, -0.25) is 4.79 Å². The van der Waals surface area contributed by atoms with Gasteiger partial charge in [-0.05, 0) is 17.0 Å². The normalized spacial score (nSPS) is 11.9. The van der Waals surface area contributed by atoms with Crippen molar-refractivity contribution in [2.75, 3.05) is 4.90 Å². The highest BCUT2D eigenvalue weighted by molar-refractivity contribution is 8.00. The van der Waals surface area contributed by atoms with Crippen molar-refractivity contribution in [2.24, 2.45) is 11.7 Å². The van der Waals surface area contributed by atoms with Gasteiger partial charge in [0, 0.05) is 5.75 Å². The summed E-state index contributed by atoms with van der Waals surface area (Å²) in [5, 5.41) is 8.34. The summed E-state index contributed by atoms with van der Waals surface area (Å²) >= 11 is 2.64. The van der Waals surface area contributed by atoms with E-state index in [0.29, 0.717) is 10.1 Å². The molecule has 0 aliphatic heterocycles. The van der Waals surface area contributed by atoms with Crippen LogP contribution in [0, 0.1) is 5.92 Å². The Morgan fingerprint density at radius 1 is 1.03 bits per heavy atom. The van der Waals surface area contributed by atoms with Crippen LogP contribution < -0.4 is 10.6 Å². The molecule has 7 nitrogen and oxygen atoms in total. The lowest BCUT2D eigenvalue weighted by atomic mass is 10.0. The molecular weight excluding hydrogens is 432 g/mol. The van der Waals surface area contributed by atoms with Crippen molar-refractivity contribution in [2.45, 2.75) is 36.6 Å². The van der Waals surface area contributed by atoms with E-state index in [-0.39, 0.29) is 17.7 Å². The minimum absolute atomic E-state index is 0.0365. The number of carbonyl (C=O) groups excluding carboxylic acids is 2. The third-order valence-corrected chi connectivity index (χ3v) is 6.52. The molecule has 1 aromatic heterocycles. The lowest BCUT2D eigenvalue weighted by Gasteiger charge is -2.22. The van der Waals surface area contributed by atoms with Crippen molar-refractivity contribution in [3.05, 3.63) is 71.8 Å². The Morgan fingerprint density at radius 3 is 2.26 bits per heavy atom. The Bertz CT molecular complexity index is 996. The molecule has 0 spiro atoms. The zero-order chi connectivity index (χ0) is 22.2. The molecule has 0 aliphatic carbocycles. The van der Waals surface area contributed by atoms with Gasteiger partial charge in [-0.25, -0.2) is 4.79 Å². The minimum atomic E-state index is -0.867. The van der Waals surface area contributed by atoms with E-state index in [1.165, 1.54) is 11.8 Å². The number of aromatic nitrogens is 2. The largest absolute Gasteiger partial charge is 0.444 e. The maximum atomic E-state index is 13.0. The Labute approximate surface area is 189 Å². The fraction of sp³-hybridized carbons (Fsp3) is 0.273. The number of thioether (sulfide) groups is 1. The quantitative estimate of drug-likeness (QED) is 0.394. The van der Waals surface area contributed by atoms with Crippen molar-refractivity contribution in [3.8, 4) is 0 Å². The van der Waals surface area contributed by atoms with Gasteiger partial charge in [0.05, 0.1) is 6.04 Å². The topological polar surface area (TPSA) is 98.4 Å². The van der Waals surface area contributed by atoms with E-state index in [1.54, 1.807) is 0 Å². The summed E-state index contributed by atoms with van der Waals surface area (Å²) in [6.45, 7) is 3.67. The highest BCUT2D eigenvalue weighted by Gasteiger charge is 2.33. The van der Waals surface area contributed by atoms with Crippen LogP contribution in [0.5, 0.6) is 0 Å². The summed E-state index contributed by atoms with van der Waals surface area (Å²) in [6, 6.07) is 18.3. The number of imide groups is 1. The zero-order valence-corrected chi connectivity index (χ0v) is 18.9. The summed E-state index contributed by atoms with van der Waals surface area (Å²) in [7, 11) is 0. The van der Waals surface area contributed by atoms with E-state index in [0.717, 1.165) is 27.4 Å². The maximum Gasteiger partial charge on any atom is 0.423 e. The molecule has 0 unspecified atom stereocenters. The first-order valence-corrected chi connectivity index (χ1v) is 11.6. The number of nitrogens with two attached hydrogens (primary N) is 1. The lowest BCUT2D eigenvalue weighted by molar-refractivity contribution is -0.120. The molecule has 162 valence electrons. The van der Waals surface area contributed by atoms with E-state index in [2.05, 4.69) is 10.2 Å². The van der Waals surface area contributed by atoms with Crippen LogP contribution in [0.1, 0.15) is 25.0 Å². The van der Waals surface area contributed by atoms with Crippen LogP contribution in [-0.2, 0) is 21.9 Å². The number of hydrogen-bond acceptors (Lipinski definition) is 8. The Kier molecular flexibility index (Phi) is 8.16. The van der Waals surface area contributed by atoms with Crippen LogP contribution in [0.4, 0.5) is 9.93 Å². The van der Waals surface area contributed by atoms with Crippen LogP contribution in [-0.4, -0.2) is 28.2 Å². The first-order chi connectivity index (χ1) is 15.0. The smallest absolute Gasteiger partial charge is 0.423 e. The number of nitrogens with zero attached hydrogens (tertiary/aromatic N) is 3. The van der Waals surface area contributed by atoms with E-state index in [1.807, 2.05) is 74.5 Å². The Hall–Kier alpha value is -2.75. The van der Waals surface area contributed by atoms with Crippen LogP contribution in [0.3, 0.4) is 0 Å². The first-order valence-electron chi connectivity index (χ1n) is 9.76. The number of ether oxygens (including phenoxy) is 1. The predicted molar refractivity (Wildman–Crippen MR) is 123 cm³/mol. The van der Waals surface area contributed by atoms with Gasteiger partial charge in [0.2, 0.25) is 5.13 Å². The summed E-state index contributed by atoms with van der Waals surface area (Å²) in [6.07, 6.45) is -0.819. The molecule has 3 aromatic rings. The molecule has 2 N–H and O–H groups in total. The van der Waals surface area contributed by atoms with Crippen LogP contribution >= 0.6 is 23.1 Å². The molecular formula is C22H24N4O3S2. The zero-order valence-electron chi connectivity index (χ0n) is 17.3. The van der Waals surface area contributed by atoms with Crippen LogP contribution in [0.15, 0.2) is 65.0 Å². The number of anilines is 1. The third kappa shape index (κ3) is 6.36. The molecule has 1 atom stereocenters. The molecule has 2 amide bonds. The molecule has 3 rings (SSSR count). The summed E-state index contributed by atoms with van der Waals surface area (Å²) in [5.41, 5.74) is 7.99. The van der Waals surface area contributed by atoms with Crippen LogP contribution in [0.2, 0.25) is 0 Å². The highest BCUT2D eigenvalue weighted by Crippen LogP contribution is 2.31. The molecule has 2 aromatic carbocycles. The first kappa shape index (κ1) is 22.9. The molecule has 0 radical (unpaired) electrons. The molecule has 0 bridgehead atoms. The van der Waals surface area contributed by atoms with Gasteiger partial charge in [0.25, 0.3) is 5.91 Å². The predicted octanol–water partition coefficient (Wildman–Crippen LogP) is 4.48. The highest BCUT2D eigenvalue weighted by atomic mass is 32.2. The van der Waals surface area contributed by atoms with E-state index in [4.69, 9.17) is 10.5 Å². The second-order valence-corrected chi connectivity index (χ2v) is 9.29. The second-order valence-electron chi connectivity index (χ2n) is 7.11. The lowest BCUT2D eigenvalue weighted by Crippen LogP contribution is -2.49. The molecule has 9 heteroatoms. The van der Waals surface area contributed by atoms with E-state index < -0.39 is 18.0 Å². The Balaban J connectivity index is 1.75. The minimum Gasteiger partial charge on any atom is -0.444 e. The molecule has 0 saturated carbocycles. The van der Waals surface area contributed by atoms with Gasteiger partial charge in [-0.2, -0.15) is 4.90 Å². The molecule has 0 aliphatic rings. The van der Waals surface area contributed by atoms with Crippen molar-refractivity contribution in [3.63, 3.8) is 0 Å². The average molecular weight is 457 g/mol. The summed E-state index contributed by atoms with van der Waals surface area (Å²) in [5.74, 6) is -0.0199. The standard InChI is InChI=1S/C22H24N4O3S2/c1-15(2)18(23)19(27)26(22(28)29-13-16-9-5-3-6-10-16)20-24-25-21(31-20)30-14-17-11-7-4-8-12-17/h3-12,15,18H,13-14,23H2,1-2H3/t18-/m0/s1. The van der Waals surface area contributed by atoms with Gasteiger partial charge in [-0.1, -0.05) is 97.6 Å². The molecule has 0 fully saturated rings. The van der Waals surface area contributed by atoms with Crippen molar-refractivity contribution < 1.29 is 14.3 Å². The number of amides is 2. The maximum absolute atomic E-state index is 13.0. The van der Waals surface area contributed by atoms with Gasteiger partial charge in [0.15, 0.2) is 4.34 Å². The SMILES string of the molecule is CC(C)[C@H](N)C(=O)N(C(=O)OCc1ccccc1)c1nnc(SCc2ccccc2)s1. The third-order valence-electron chi connectivity index (χ3n) is 4.40. The summed E-state index contributed by atoms with van der Waals surface area (Å²) in [4.78, 5) is 26.7. The fourth-order valence-corrected chi connectivity index (χ4v) is 4.34. The number of rotatable bonds is 8. The van der Waals surface area contributed by atoms with Gasteiger partial charge in [0.1, 0.15) is 6.61 Å². The summed E-state index contributed by atoms with van der Waals surface area (Å²) < 4.78 is 6.02. The molecule has 1 heterocycles. The monoisotopic (exact) mass is 456 g/mol. The average Bonchev–Trinajstić information content (AvgIpc) is 3.25. The van der Waals surface area contributed by atoms with Crippen LogP contribution in [0.25, 0.3) is 0 Å². The van der Waals surface area contributed by atoms with Gasteiger partial charge >= 0.3 is 6.09 Å². The van der Waals surface area contributed by atoms with Crippen molar-refractivity contribution in [1.82, 2.24) is 10.2 Å². The van der Waals surface area contributed by atoms with Crippen molar-refractivity contribution >= 4 is 40.2 Å². The van der Waals surface area contributed by atoms with Gasteiger partial charge < -0.3 is 10.5 Å². The fourth-order valence-electron chi connectivity index (χ4n) is 2.55. The van der Waals surface area contributed by atoms with E-state index in [9.17, 15) is 9.59 Å². The second kappa shape index (κ2) is 11.0.